The van der Waals surface area contributed by atoms with Crippen molar-refractivity contribution in [3.8, 4) is 11.1 Å². The van der Waals surface area contributed by atoms with Crippen LogP contribution in [0.5, 0.6) is 0 Å². The predicted octanol–water partition coefficient (Wildman–Crippen LogP) is 5.26. The molecule has 0 N–H and O–H groups in total. The number of hydrogen-bond donors (Lipinski definition) is 0. The smallest absolute Gasteiger partial charge is 0.276 e. The van der Waals surface area contributed by atoms with Crippen molar-refractivity contribution in [2.45, 2.75) is 6.42 Å². The number of aromatic nitrogens is 1. The Bertz CT molecular complexity index is 971. The number of carbonyl (C=O) groups is 1. The van der Waals surface area contributed by atoms with Gasteiger partial charge in [-0.1, -0.05) is 47.5 Å². The Kier molecular flexibility index (Phi) is 4.20. The second-order valence-electron chi connectivity index (χ2n) is 5.89. The number of carbonyl (C=O) groups excluding carboxylic acids is 1. The first-order chi connectivity index (χ1) is 12.1. The molecule has 0 atom stereocenters. The van der Waals surface area contributed by atoms with Crippen LogP contribution < -0.4 is 4.90 Å². The molecule has 0 radical (unpaired) electrons. The van der Waals surface area contributed by atoms with Crippen LogP contribution in [0.1, 0.15) is 16.1 Å². The predicted molar refractivity (Wildman–Crippen MR) is 102 cm³/mol. The maximum Gasteiger partial charge on any atom is 0.276 e. The third-order valence-corrected chi connectivity index (χ3v) is 5.10. The average molecular weight is 369 g/mol. The number of pyridine rings is 1. The molecule has 3 nitrogen and oxygen atoms in total. The molecule has 0 saturated carbocycles. The van der Waals surface area contributed by atoms with E-state index in [1.165, 1.54) is 5.56 Å². The van der Waals surface area contributed by atoms with Gasteiger partial charge in [0.1, 0.15) is 5.69 Å². The van der Waals surface area contributed by atoms with E-state index in [4.69, 9.17) is 23.2 Å². The molecule has 4 rings (SSSR count). The maximum atomic E-state index is 12.9. The van der Waals surface area contributed by atoms with Crippen molar-refractivity contribution in [2.75, 3.05) is 11.4 Å². The summed E-state index contributed by atoms with van der Waals surface area (Å²) in [5, 5.41) is 0.988. The molecule has 3 aromatic rings. The molecule has 0 saturated heterocycles. The van der Waals surface area contributed by atoms with Crippen molar-refractivity contribution < 1.29 is 4.79 Å². The van der Waals surface area contributed by atoms with Gasteiger partial charge in [0, 0.05) is 18.4 Å². The first-order valence-electron chi connectivity index (χ1n) is 7.95. The van der Waals surface area contributed by atoms with Crippen LogP contribution in [0.3, 0.4) is 0 Å². The molecule has 1 aliphatic rings. The number of nitrogens with zero attached hydrogens (tertiary/aromatic N) is 2. The van der Waals surface area contributed by atoms with Gasteiger partial charge in [0.05, 0.1) is 10.0 Å². The van der Waals surface area contributed by atoms with Crippen LogP contribution in [-0.2, 0) is 6.42 Å². The highest BCUT2D eigenvalue weighted by Gasteiger charge is 2.26. The lowest BCUT2D eigenvalue weighted by molar-refractivity contribution is 0.0984. The van der Waals surface area contributed by atoms with Crippen LogP contribution in [0.4, 0.5) is 5.69 Å². The summed E-state index contributed by atoms with van der Waals surface area (Å²) in [4.78, 5) is 19.0. The number of para-hydroxylation sites is 1. The SMILES string of the molecule is O=C(c1cc(-c2ccc(Cl)c(Cl)c2)ccn1)N1CCc2ccccc21. The summed E-state index contributed by atoms with van der Waals surface area (Å²) < 4.78 is 0. The Balaban J connectivity index is 1.68. The molecule has 0 bridgehead atoms. The third kappa shape index (κ3) is 3.01. The number of hydrogen-bond acceptors (Lipinski definition) is 2. The monoisotopic (exact) mass is 368 g/mol. The Morgan fingerprint density at radius 1 is 0.960 bits per heavy atom. The Labute approximate surface area is 155 Å². The number of fused-ring (bicyclic) bond motifs is 1. The molecule has 2 heterocycles. The van der Waals surface area contributed by atoms with Crippen LogP contribution in [0, 0.1) is 0 Å². The summed E-state index contributed by atoms with van der Waals surface area (Å²) >= 11 is 12.1. The van der Waals surface area contributed by atoms with Gasteiger partial charge in [-0.05, 0) is 53.4 Å². The van der Waals surface area contributed by atoms with Crippen molar-refractivity contribution in [3.05, 3.63) is 82.1 Å². The van der Waals surface area contributed by atoms with E-state index in [0.717, 1.165) is 23.2 Å². The van der Waals surface area contributed by atoms with Crippen LogP contribution in [0.25, 0.3) is 11.1 Å². The lowest BCUT2D eigenvalue weighted by atomic mass is 10.1. The summed E-state index contributed by atoms with van der Waals surface area (Å²) in [6, 6.07) is 17.0. The molecule has 25 heavy (non-hydrogen) atoms. The van der Waals surface area contributed by atoms with Crippen molar-refractivity contribution in [3.63, 3.8) is 0 Å². The molecule has 1 aliphatic heterocycles. The zero-order valence-corrected chi connectivity index (χ0v) is 14.8. The molecule has 0 unspecified atom stereocenters. The highest BCUT2D eigenvalue weighted by atomic mass is 35.5. The molecule has 2 aromatic carbocycles. The molecular weight excluding hydrogens is 355 g/mol. The molecule has 1 aromatic heterocycles. The van der Waals surface area contributed by atoms with Crippen LogP contribution >= 0.6 is 23.2 Å². The summed E-state index contributed by atoms with van der Waals surface area (Å²) in [5.74, 6) is -0.0909. The number of rotatable bonds is 2. The fourth-order valence-corrected chi connectivity index (χ4v) is 3.39. The number of benzene rings is 2. The van der Waals surface area contributed by atoms with Crippen molar-refractivity contribution >= 4 is 34.8 Å². The quantitative estimate of drug-likeness (QED) is 0.618. The lowest BCUT2D eigenvalue weighted by Crippen LogP contribution is -2.29. The summed E-state index contributed by atoms with van der Waals surface area (Å²) in [6.07, 6.45) is 2.52. The van der Waals surface area contributed by atoms with Gasteiger partial charge in [0.15, 0.2) is 0 Å². The third-order valence-electron chi connectivity index (χ3n) is 4.36. The molecular formula is C20H14Cl2N2O. The number of anilines is 1. The second kappa shape index (κ2) is 6.51. The lowest BCUT2D eigenvalue weighted by Gasteiger charge is -2.17. The number of halogens is 2. The highest BCUT2D eigenvalue weighted by Crippen LogP contribution is 2.31. The van der Waals surface area contributed by atoms with Gasteiger partial charge in [-0.2, -0.15) is 0 Å². The first-order valence-corrected chi connectivity index (χ1v) is 8.70. The van der Waals surface area contributed by atoms with E-state index in [-0.39, 0.29) is 5.91 Å². The van der Waals surface area contributed by atoms with Gasteiger partial charge < -0.3 is 4.90 Å². The van der Waals surface area contributed by atoms with E-state index in [0.29, 0.717) is 22.3 Å². The summed E-state index contributed by atoms with van der Waals surface area (Å²) in [6.45, 7) is 0.677. The largest absolute Gasteiger partial charge is 0.306 e. The second-order valence-corrected chi connectivity index (χ2v) is 6.71. The van der Waals surface area contributed by atoms with Crippen molar-refractivity contribution in [1.82, 2.24) is 4.98 Å². The standard InChI is InChI=1S/C20H14Cl2N2O/c21-16-6-5-14(11-17(16)22)15-7-9-23-18(12-15)20(25)24-10-8-13-3-1-2-4-19(13)24/h1-7,9,11-12H,8,10H2. The van der Waals surface area contributed by atoms with E-state index in [2.05, 4.69) is 11.1 Å². The van der Waals surface area contributed by atoms with Gasteiger partial charge in [0.2, 0.25) is 0 Å². The molecule has 0 spiro atoms. The van der Waals surface area contributed by atoms with E-state index < -0.39 is 0 Å². The van der Waals surface area contributed by atoms with Crippen LogP contribution in [-0.4, -0.2) is 17.4 Å². The molecule has 0 fully saturated rings. The number of amides is 1. The zero-order chi connectivity index (χ0) is 17.4. The summed E-state index contributed by atoms with van der Waals surface area (Å²) in [5.41, 5.74) is 4.35. The Morgan fingerprint density at radius 2 is 1.76 bits per heavy atom. The van der Waals surface area contributed by atoms with Crippen LogP contribution in [0.2, 0.25) is 10.0 Å². The molecule has 0 aliphatic carbocycles. The van der Waals surface area contributed by atoms with E-state index in [1.54, 1.807) is 29.3 Å². The van der Waals surface area contributed by atoms with Crippen LogP contribution in [0.15, 0.2) is 60.8 Å². The zero-order valence-electron chi connectivity index (χ0n) is 13.2. The van der Waals surface area contributed by atoms with Crippen molar-refractivity contribution in [1.29, 1.82) is 0 Å². The topological polar surface area (TPSA) is 33.2 Å². The summed E-state index contributed by atoms with van der Waals surface area (Å²) in [7, 11) is 0. The molecule has 1 amide bonds. The van der Waals surface area contributed by atoms with Gasteiger partial charge in [-0.3, -0.25) is 9.78 Å². The normalized spacial score (nSPS) is 13.0. The van der Waals surface area contributed by atoms with Gasteiger partial charge >= 0.3 is 0 Å². The minimum absolute atomic E-state index is 0.0909. The fourth-order valence-electron chi connectivity index (χ4n) is 3.09. The highest BCUT2D eigenvalue weighted by molar-refractivity contribution is 6.42. The average Bonchev–Trinajstić information content (AvgIpc) is 3.07. The van der Waals surface area contributed by atoms with E-state index >= 15 is 0 Å². The minimum atomic E-state index is -0.0909. The van der Waals surface area contributed by atoms with Crippen molar-refractivity contribution in [2.24, 2.45) is 0 Å². The molecule has 124 valence electrons. The van der Waals surface area contributed by atoms with E-state index in [9.17, 15) is 4.79 Å². The van der Waals surface area contributed by atoms with E-state index in [1.807, 2.05) is 30.3 Å². The Morgan fingerprint density at radius 3 is 2.60 bits per heavy atom. The molecule has 5 heteroatoms. The van der Waals surface area contributed by atoms with Gasteiger partial charge in [-0.25, -0.2) is 0 Å². The fraction of sp³-hybridized carbons (Fsp3) is 0.100. The van der Waals surface area contributed by atoms with Gasteiger partial charge in [-0.15, -0.1) is 0 Å². The van der Waals surface area contributed by atoms with Gasteiger partial charge in [0.25, 0.3) is 5.91 Å². The maximum absolute atomic E-state index is 12.9. The first kappa shape index (κ1) is 16.1. The Hall–Kier alpha value is -2.36. The minimum Gasteiger partial charge on any atom is -0.306 e.